The number of nitrogens with zero attached hydrogens (tertiary/aromatic N) is 2. The van der Waals surface area contributed by atoms with E-state index in [4.69, 9.17) is 5.11 Å². The second kappa shape index (κ2) is 8.89. The number of carboxylic acids is 1. The Balaban J connectivity index is 2.50. The third-order valence-corrected chi connectivity index (χ3v) is 3.29. The summed E-state index contributed by atoms with van der Waals surface area (Å²) < 4.78 is 0. The van der Waals surface area contributed by atoms with Crippen LogP contribution in [0.15, 0.2) is 18.3 Å². The summed E-state index contributed by atoms with van der Waals surface area (Å²) in [4.78, 5) is 25.0. The van der Waals surface area contributed by atoms with Crippen molar-refractivity contribution >= 4 is 17.5 Å². The molecule has 0 aliphatic heterocycles. The van der Waals surface area contributed by atoms with Gasteiger partial charge in [0.1, 0.15) is 0 Å². The Morgan fingerprint density at radius 1 is 1.48 bits per heavy atom. The van der Waals surface area contributed by atoms with Gasteiger partial charge in [0.15, 0.2) is 0 Å². The number of hydrogen-bond donors (Lipinski definition) is 2. The molecule has 0 bridgehead atoms. The van der Waals surface area contributed by atoms with Gasteiger partial charge >= 0.3 is 11.7 Å². The normalized spacial score (nSPS) is 11.9. The Kier molecular flexibility index (Phi) is 7.14. The first-order chi connectivity index (χ1) is 10.0. The Labute approximate surface area is 123 Å². The molecule has 7 nitrogen and oxygen atoms in total. The molecule has 0 aliphatic rings. The summed E-state index contributed by atoms with van der Waals surface area (Å²) in [5.74, 6) is -0.221. The Bertz CT molecular complexity index is 479. The van der Waals surface area contributed by atoms with Gasteiger partial charge in [-0.2, -0.15) is 0 Å². The molecule has 1 rings (SSSR count). The number of aliphatic carboxylic acids is 1. The smallest absolute Gasteiger partial charge is 0.311 e. The number of anilines is 1. The van der Waals surface area contributed by atoms with Gasteiger partial charge in [-0.25, -0.2) is 4.98 Å². The number of hydrogen-bond acceptors (Lipinski definition) is 5. The van der Waals surface area contributed by atoms with Crippen LogP contribution in [0.4, 0.5) is 11.5 Å². The average molecular weight is 295 g/mol. The molecule has 1 unspecified atom stereocenters. The molecule has 2 N–H and O–H groups in total. The van der Waals surface area contributed by atoms with Gasteiger partial charge in [-0.3, -0.25) is 14.9 Å². The van der Waals surface area contributed by atoms with E-state index in [1.807, 2.05) is 0 Å². The first-order valence-electron chi connectivity index (χ1n) is 7.09. The predicted octanol–water partition coefficient (Wildman–Crippen LogP) is 3.07. The summed E-state index contributed by atoms with van der Waals surface area (Å²) in [6.07, 6.45) is 5.02. The predicted molar refractivity (Wildman–Crippen MR) is 79.3 cm³/mol. The molecule has 0 saturated heterocycles. The number of carbonyl (C=O) groups is 1. The minimum atomic E-state index is -0.788. The number of aromatic nitrogens is 1. The molecule has 7 heteroatoms. The Morgan fingerprint density at radius 3 is 2.86 bits per heavy atom. The first-order valence-corrected chi connectivity index (χ1v) is 7.09. The van der Waals surface area contributed by atoms with Crippen molar-refractivity contribution in [2.24, 2.45) is 5.92 Å². The number of carboxylic acid groups (broad SMARTS) is 1. The van der Waals surface area contributed by atoms with E-state index in [0.29, 0.717) is 18.9 Å². The zero-order valence-electron chi connectivity index (χ0n) is 12.1. The molecule has 0 aliphatic carbocycles. The highest BCUT2D eigenvalue weighted by atomic mass is 16.6. The van der Waals surface area contributed by atoms with Crippen LogP contribution in [0, 0.1) is 16.0 Å². The van der Waals surface area contributed by atoms with Gasteiger partial charge in [0.25, 0.3) is 0 Å². The molecule has 1 aromatic rings. The zero-order valence-corrected chi connectivity index (χ0v) is 12.1. The highest BCUT2D eigenvalue weighted by Crippen LogP contribution is 2.22. The van der Waals surface area contributed by atoms with Crippen LogP contribution in [0.5, 0.6) is 0 Å². The maximum absolute atomic E-state index is 10.9. The van der Waals surface area contributed by atoms with E-state index in [2.05, 4.69) is 17.2 Å². The van der Waals surface area contributed by atoms with E-state index in [9.17, 15) is 14.9 Å². The van der Waals surface area contributed by atoms with Crippen molar-refractivity contribution in [3.8, 4) is 0 Å². The monoisotopic (exact) mass is 295 g/mol. The van der Waals surface area contributed by atoms with Crippen molar-refractivity contribution in [3.63, 3.8) is 0 Å². The van der Waals surface area contributed by atoms with Crippen LogP contribution in [-0.4, -0.2) is 27.5 Å². The second-order valence-corrected chi connectivity index (χ2v) is 4.93. The highest BCUT2D eigenvalue weighted by molar-refractivity contribution is 5.66. The van der Waals surface area contributed by atoms with Gasteiger partial charge in [0.05, 0.1) is 4.92 Å². The maximum Gasteiger partial charge on any atom is 0.311 e. The minimum Gasteiger partial charge on any atom is -0.481 e. The fourth-order valence-corrected chi connectivity index (χ4v) is 2.24. The van der Waals surface area contributed by atoms with Gasteiger partial charge < -0.3 is 10.4 Å². The van der Waals surface area contributed by atoms with Crippen LogP contribution < -0.4 is 5.32 Å². The fourth-order valence-electron chi connectivity index (χ4n) is 2.24. The maximum atomic E-state index is 10.9. The Morgan fingerprint density at radius 2 is 2.24 bits per heavy atom. The largest absolute Gasteiger partial charge is 0.481 e. The van der Waals surface area contributed by atoms with E-state index in [1.165, 1.54) is 18.3 Å². The fraction of sp³-hybridized carbons (Fsp3) is 0.571. The summed E-state index contributed by atoms with van der Waals surface area (Å²) in [6, 6.07) is 2.93. The molecule has 1 heterocycles. The van der Waals surface area contributed by atoms with Crippen molar-refractivity contribution in [1.29, 1.82) is 0 Å². The molecular formula is C14H21N3O4. The zero-order chi connectivity index (χ0) is 15.7. The molecule has 1 atom stereocenters. The van der Waals surface area contributed by atoms with E-state index < -0.39 is 10.9 Å². The molecule has 0 spiro atoms. The highest BCUT2D eigenvalue weighted by Gasteiger charge is 2.15. The SMILES string of the molecule is CCCC(CCNc1ncccc1[N+](=O)[O-])CCC(=O)O. The van der Waals surface area contributed by atoms with Crippen molar-refractivity contribution in [2.75, 3.05) is 11.9 Å². The van der Waals surface area contributed by atoms with Gasteiger partial charge in [-0.1, -0.05) is 19.8 Å². The first kappa shape index (κ1) is 16.9. The molecule has 0 radical (unpaired) electrons. The van der Waals surface area contributed by atoms with Crippen LogP contribution in [0.1, 0.15) is 39.0 Å². The summed E-state index contributed by atoms with van der Waals surface area (Å²) >= 11 is 0. The third kappa shape index (κ3) is 6.20. The molecule has 116 valence electrons. The number of nitro groups is 1. The lowest BCUT2D eigenvalue weighted by Crippen LogP contribution is -2.12. The number of rotatable bonds is 10. The number of pyridine rings is 1. The molecule has 0 amide bonds. The van der Waals surface area contributed by atoms with Crippen molar-refractivity contribution in [1.82, 2.24) is 4.98 Å². The van der Waals surface area contributed by atoms with E-state index in [0.717, 1.165) is 19.3 Å². The molecule has 21 heavy (non-hydrogen) atoms. The van der Waals surface area contributed by atoms with Gasteiger partial charge in [0, 0.05) is 25.2 Å². The van der Waals surface area contributed by atoms with E-state index in [-0.39, 0.29) is 17.9 Å². The third-order valence-electron chi connectivity index (χ3n) is 3.29. The minimum absolute atomic E-state index is 0.0462. The van der Waals surface area contributed by atoms with Crippen molar-refractivity contribution < 1.29 is 14.8 Å². The van der Waals surface area contributed by atoms with Crippen LogP contribution in [0.3, 0.4) is 0 Å². The van der Waals surface area contributed by atoms with E-state index in [1.54, 1.807) is 0 Å². The lowest BCUT2D eigenvalue weighted by molar-refractivity contribution is -0.384. The lowest BCUT2D eigenvalue weighted by atomic mass is 9.94. The summed E-state index contributed by atoms with van der Waals surface area (Å²) in [5.41, 5.74) is -0.0462. The van der Waals surface area contributed by atoms with Crippen molar-refractivity contribution in [2.45, 2.75) is 39.0 Å². The molecule has 0 aromatic carbocycles. The standard InChI is InChI=1S/C14H21N3O4/c1-2-4-11(6-7-13(18)19)8-10-16-14-12(17(20)21)5-3-9-15-14/h3,5,9,11H,2,4,6-8,10H2,1H3,(H,15,16)(H,18,19). The van der Waals surface area contributed by atoms with Crippen LogP contribution in [-0.2, 0) is 4.79 Å². The van der Waals surface area contributed by atoms with E-state index >= 15 is 0 Å². The quantitative estimate of drug-likeness (QED) is 0.507. The summed E-state index contributed by atoms with van der Waals surface area (Å²) in [5, 5.41) is 22.6. The van der Waals surface area contributed by atoms with Gasteiger partial charge in [0.2, 0.25) is 5.82 Å². The molecule has 0 saturated carbocycles. The molecule has 0 fully saturated rings. The second-order valence-electron chi connectivity index (χ2n) is 4.93. The molecular weight excluding hydrogens is 274 g/mol. The van der Waals surface area contributed by atoms with Gasteiger partial charge in [-0.05, 0) is 24.8 Å². The van der Waals surface area contributed by atoms with Crippen molar-refractivity contribution in [3.05, 3.63) is 28.4 Å². The summed E-state index contributed by atoms with van der Waals surface area (Å²) in [6.45, 7) is 2.60. The average Bonchev–Trinajstić information content (AvgIpc) is 2.45. The van der Waals surface area contributed by atoms with Crippen LogP contribution in [0.2, 0.25) is 0 Å². The van der Waals surface area contributed by atoms with Crippen LogP contribution >= 0.6 is 0 Å². The van der Waals surface area contributed by atoms with Crippen LogP contribution in [0.25, 0.3) is 0 Å². The van der Waals surface area contributed by atoms with Gasteiger partial charge in [-0.15, -0.1) is 0 Å². The Hall–Kier alpha value is -2.18. The topological polar surface area (TPSA) is 105 Å². The summed E-state index contributed by atoms with van der Waals surface area (Å²) in [7, 11) is 0. The number of nitrogens with one attached hydrogen (secondary N) is 1. The molecule has 1 aromatic heterocycles. The lowest BCUT2D eigenvalue weighted by Gasteiger charge is -2.15.